The zero-order valence-electron chi connectivity index (χ0n) is 11.5. The minimum absolute atomic E-state index is 0.0183. The van der Waals surface area contributed by atoms with Crippen LogP contribution in [-0.2, 0) is 4.79 Å². The van der Waals surface area contributed by atoms with Gasteiger partial charge in [0.05, 0.1) is 10.4 Å². The van der Waals surface area contributed by atoms with Gasteiger partial charge in [-0.15, -0.1) is 0 Å². The maximum Gasteiger partial charge on any atom is 0.406 e. The van der Waals surface area contributed by atoms with Crippen LogP contribution < -0.4 is 5.73 Å². The highest BCUT2D eigenvalue weighted by Crippen LogP contribution is 2.33. The minimum atomic E-state index is -4.43. The van der Waals surface area contributed by atoms with Crippen molar-refractivity contribution in [2.24, 2.45) is 11.1 Å². The van der Waals surface area contributed by atoms with Gasteiger partial charge in [-0.3, -0.25) is 4.79 Å². The molecule has 3 nitrogen and oxygen atoms in total. The second-order valence-electron chi connectivity index (χ2n) is 4.72. The summed E-state index contributed by atoms with van der Waals surface area (Å²) in [7, 11) is 1.13. The number of carbonyl (C=O) groups is 1. The molecular weight excluding hydrogens is 277 g/mol. The van der Waals surface area contributed by atoms with E-state index in [1.54, 1.807) is 0 Å². The first kappa shape index (κ1) is 18.1. The van der Waals surface area contributed by atoms with Crippen LogP contribution in [0.5, 0.6) is 0 Å². The van der Waals surface area contributed by atoms with Crippen molar-refractivity contribution in [1.29, 1.82) is 0 Å². The van der Waals surface area contributed by atoms with E-state index in [0.29, 0.717) is 30.6 Å². The number of carbonyl (C=O) groups excluding carboxylic acids is 1. The molecule has 2 N–H and O–H groups in total. The molecule has 0 unspecified atom stereocenters. The number of rotatable bonds is 7. The van der Waals surface area contributed by atoms with E-state index in [4.69, 9.17) is 18.0 Å². The molecule has 0 aliphatic heterocycles. The van der Waals surface area contributed by atoms with Crippen molar-refractivity contribution in [3.05, 3.63) is 0 Å². The average Bonchev–Trinajstić information content (AvgIpc) is 2.24. The fourth-order valence-electron chi connectivity index (χ4n) is 2.25. The van der Waals surface area contributed by atoms with Crippen LogP contribution in [0.1, 0.15) is 39.5 Å². The summed E-state index contributed by atoms with van der Waals surface area (Å²) in [5.41, 5.74) is 4.50. The number of hydrogen-bond donors (Lipinski definition) is 1. The average molecular weight is 298 g/mol. The van der Waals surface area contributed by atoms with Gasteiger partial charge in [0.2, 0.25) is 5.91 Å². The molecule has 1 amide bonds. The minimum Gasteiger partial charge on any atom is -0.392 e. The molecular formula is C12H21F3N2OS. The van der Waals surface area contributed by atoms with E-state index in [2.05, 4.69) is 0 Å². The summed E-state index contributed by atoms with van der Waals surface area (Å²) in [6, 6.07) is 0. The molecule has 0 bridgehead atoms. The van der Waals surface area contributed by atoms with Crippen LogP contribution in [-0.4, -0.2) is 35.6 Å². The highest BCUT2D eigenvalue weighted by molar-refractivity contribution is 7.80. The summed E-state index contributed by atoms with van der Waals surface area (Å²) in [5.74, 6) is -0.638. The first-order chi connectivity index (χ1) is 8.60. The normalized spacial score (nSPS) is 12.3. The number of halogens is 3. The monoisotopic (exact) mass is 298 g/mol. The summed E-state index contributed by atoms with van der Waals surface area (Å²) < 4.78 is 37.1. The number of thiocarbonyl (C=S) groups is 1. The van der Waals surface area contributed by atoms with E-state index in [-0.39, 0.29) is 4.99 Å². The van der Waals surface area contributed by atoms with Crippen LogP contribution in [0.4, 0.5) is 13.2 Å². The van der Waals surface area contributed by atoms with Crippen LogP contribution in [0.2, 0.25) is 0 Å². The molecule has 0 heterocycles. The predicted octanol–water partition coefficient (Wildman–Crippen LogP) is 2.88. The van der Waals surface area contributed by atoms with Crippen molar-refractivity contribution in [3.8, 4) is 0 Å². The van der Waals surface area contributed by atoms with E-state index in [9.17, 15) is 18.0 Å². The molecule has 0 fully saturated rings. The molecule has 19 heavy (non-hydrogen) atoms. The second-order valence-corrected chi connectivity index (χ2v) is 5.16. The van der Waals surface area contributed by atoms with E-state index in [0.717, 1.165) is 7.05 Å². The maximum absolute atomic E-state index is 12.4. The van der Waals surface area contributed by atoms with Crippen molar-refractivity contribution in [2.45, 2.75) is 45.7 Å². The van der Waals surface area contributed by atoms with Crippen LogP contribution in [0.15, 0.2) is 0 Å². The van der Waals surface area contributed by atoms with Gasteiger partial charge in [0.1, 0.15) is 6.54 Å². The molecule has 0 saturated heterocycles. The Balaban J connectivity index is 5.24. The summed E-state index contributed by atoms with van der Waals surface area (Å²) in [5, 5.41) is 0. The Morgan fingerprint density at radius 1 is 1.21 bits per heavy atom. The molecule has 0 aromatic carbocycles. The van der Waals surface area contributed by atoms with Crippen molar-refractivity contribution < 1.29 is 18.0 Å². The molecule has 0 radical (unpaired) electrons. The number of nitrogens with zero attached hydrogens (tertiary/aromatic N) is 1. The Bertz CT molecular complexity index is 325. The van der Waals surface area contributed by atoms with Crippen molar-refractivity contribution in [3.63, 3.8) is 0 Å². The molecule has 0 aromatic heterocycles. The lowest BCUT2D eigenvalue weighted by atomic mass is 9.77. The van der Waals surface area contributed by atoms with Crippen molar-refractivity contribution in [1.82, 2.24) is 4.90 Å². The maximum atomic E-state index is 12.4. The third-order valence-electron chi connectivity index (χ3n) is 3.00. The Morgan fingerprint density at radius 2 is 1.63 bits per heavy atom. The Hall–Kier alpha value is -0.850. The Labute approximate surface area is 117 Å². The summed E-state index contributed by atoms with van der Waals surface area (Å²) >= 11 is 4.95. The van der Waals surface area contributed by atoms with E-state index < -0.39 is 24.0 Å². The smallest absolute Gasteiger partial charge is 0.392 e. The number of nitrogens with two attached hydrogens (primary N) is 1. The quantitative estimate of drug-likeness (QED) is 0.735. The van der Waals surface area contributed by atoms with Gasteiger partial charge in [-0.1, -0.05) is 38.9 Å². The van der Waals surface area contributed by atoms with Crippen molar-refractivity contribution in [2.75, 3.05) is 13.6 Å². The lowest BCUT2D eigenvalue weighted by Gasteiger charge is -2.35. The van der Waals surface area contributed by atoms with E-state index in [1.165, 1.54) is 0 Å². The lowest BCUT2D eigenvalue weighted by molar-refractivity contribution is -0.163. The van der Waals surface area contributed by atoms with Gasteiger partial charge in [-0.05, 0) is 12.8 Å². The van der Waals surface area contributed by atoms with Crippen LogP contribution in [0, 0.1) is 5.41 Å². The van der Waals surface area contributed by atoms with Gasteiger partial charge in [-0.25, -0.2) is 0 Å². The van der Waals surface area contributed by atoms with Crippen LogP contribution in [0.25, 0.3) is 0 Å². The van der Waals surface area contributed by atoms with Gasteiger partial charge in [0.15, 0.2) is 0 Å². The Morgan fingerprint density at radius 3 is 1.89 bits per heavy atom. The van der Waals surface area contributed by atoms with Gasteiger partial charge >= 0.3 is 6.18 Å². The van der Waals surface area contributed by atoms with Gasteiger partial charge in [-0.2, -0.15) is 13.2 Å². The highest BCUT2D eigenvalue weighted by atomic mass is 32.1. The number of alkyl halides is 3. The van der Waals surface area contributed by atoms with Gasteiger partial charge in [0, 0.05) is 7.05 Å². The molecule has 112 valence electrons. The lowest BCUT2D eigenvalue weighted by Crippen LogP contribution is -2.51. The van der Waals surface area contributed by atoms with Crippen molar-refractivity contribution >= 4 is 23.1 Å². The predicted molar refractivity (Wildman–Crippen MR) is 72.7 cm³/mol. The topological polar surface area (TPSA) is 46.3 Å². The largest absolute Gasteiger partial charge is 0.406 e. The zero-order valence-corrected chi connectivity index (χ0v) is 12.3. The summed E-state index contributed by atoms with van der Waals surface area (Å²) in [4.78, 5) is 13.0. The number of hydrogen-bond acceptors (Lipinski definition) is 2. The molecule has 7 heteroatoms. The summed E-state index contributed by atoms with van der Waals surface area (Å²) in [6.45, 7) is 2.41. The number of amides is 1. The standard InChI is InChI=1S/C12H21F3N2OS/c1-4-6-11(7-5-2,9(16)19)10(18)17(3)8-12(13,14)15/h4-8H2,1-3H3,(H2,16,19). The summed E-state index contributed by atoms with van der Waals surface area (Å²) in [6.07, 6.45) is -2.43. The molecule has 0 aliphatic rings. The molecule has 0 aliphatic carbocycles. The fourth-order valence-corrected chi connectivity index (χ4v) is 2.54. The first-order valence-electron chi connectivity index (χ1n) is 6.23. The fraction of sp³-hybridized carbons (Fsp3) is 0.833. The zero-order chi connectivity index (χ0) is 15.3. The van der Waals surface area contributed by atoms with Crippen LogP contribution in [0.3, 0.4) is 0 Å². The van der Waals surface area contributed by atoms with Gasteiger partial charge in [0.25, 0.3) is 0 Å². The first-order valence-corrected chi connectivity index (χ1v) is 6.63. The van der Waals surface area contributed by atoms with Gasteiger partial charge < -0.3 is 10.6 Å². The molecule has 0 rings (SSSR count). The highest BCUT2D eigenvalue weighted by Gasteiger charge is 2.44. The molecule has 0 atom stereocenters. The third kappa shape index (κ3) is 4.97. The second kappa shape index (κ2) is 7.07. The van der Waals surface area contributed by atoms with E-state index >= 15 is 0 Å². The molecule has 0 aromatic rings. The van der Waals surface area contributed by atoms with E-state index in [1.807, 2.05) is 13.8 Å². The van der Waals surface area contributed by atoms with Crippen LogP contribution >= 0.6 is 12.2 Å². The third-order valence-corrected chi connectivity index (χ3v) is 3.39. The molecule has 0 spiro atoms. The molecule has 0 saturated carbocycles. The SMILES string of the molecule is CCCC(CCC)(C(=O)N(C)CC(F)(F)F)C(N)=S. The Kier molecular flexibility index (Phi) is 6.76.